The number of fused-ring (bicyclic) bond motifs is 2. The lowest BCUT2D eigenvalue weighted by Crippen LogP contribution is -2.39. The minimum absolute atomic E-state index is 0.172. The number of benzene rings is 1. The molecule has 0 bridgehead atoms. The highest BCUT2D eigenvalue weighted by Crippen LogP contribution is 2.33. The van der Waals surface area contributed by atoms with E-state index in [1.807, 2.05) is 10.6 Å². The minimum Gasteiger partial charge on any atom is -0.396 e. The number of likely N-dealkylation sites (tertiary alicyclic amines) is 1. The first-order valence-corrected chi connectivity index (χ1v) is 14.6. The van der Waals surface area contributed by atoms with Crippen LogP contribution < -0.4 is 11.1 Å². The van der Waals surface area contributed by atoms with Crippen LogP contribution in [0, 0.1) is 18.3 Å². The van der Waals surface area contributed by atoms with Crippen LogP contribution >= 0.6 is 11.3 Å². The number of aryl methyl sites for hydroxylation is 3. The van der Waals surface area contributed by atoms with Crippen LogP contribution in [0.25, 0.3) is 21.1 Å². The summed E-state index contributed by atoms with van der Waals surface area (Å²) in [6.07, 6.45) is 1.37. The van der Waals surface area contributed by atoms with Crippen LogP contribution in [0.3, 0.4) is 0 Å². The van der Waals surface area contributed by atoms with Crippen LogP contribution in [0.4, 0.5) is 24.7 Å². The largest absolute Gasteiger partial charge is 0.396 e. The number of rotatable bonds is 8. The smallest absolute Gasteiger partial charge is 0.393 e. The maximum Gasteiger partial charge on any atom is 0.393 e. The number of piperidine rings is 1. The number of nitrogens with one attached hydrogen (secondary N) is 1. The third-order valence-corrected chi connectivity index (χ3v) is 8.91. The lowest BCUT2D eigenvalue weighted by Gasteiger charge is -2.33. The fraction of sp³-hybridized carbons (Fsp3) is 0.379. The third-order valence-electron chi connectivity index (χ3n) is 7.86. The molecule has 0 aliphatic carbocycles. The van der Waals surface area contributed by atoms with Crippen molar-refractivity contribution in [3.05, 3.63) is 64.7 Å². The highest BCUT2D eigenvalue weighted by molar-refractivity contribution is 7.18. The summed E-state index contributed by atoms with van der Waals surface area (Å²) in [6.45, 7) is 5.90. The molecule has 6 rings (SSSR count). The van der Waals surface area contributed by atoms with Gasteiger partial charge >= 0.3 is 6.18 Å². The zero-order valence-electron chi connectivity index (χ0n) is 23.0. The van der Waals surface area contributed by atoms with Crippen LogP contribution in [0.2, 0.25) is 0 Å². The number of nitrogens with two attached hydrogens (primary N) is 1. The molecule has 5 heterocycles. The molecule has 3 N–H and O–H groups in total. The topological polar surface area (TPSA) is 114 Å². The molecule has 1 aromatic carbocycles. The van der Waals surface area contributed by atoms with E-state index in [0.717, 1.165) is 54.7 Å². The molecule has 9 nitrogen and oxygen atoms in total. The molecule has 0 amide bonds. The SMILES string of the molecule is Cc1c(CN2CCC(Nc3ncnc4sc(CC(F)(F)F)cc34)CC2)ccc2c1cc(C#N)n2CCn1cc(N)cn1. The lowest BCUT2D eigenvalue weighted by atomic mass is 10.0. The van der Waals surface area contributed by atoms with E-state index in [9.17, 15) is 18.4 Å². The molecular weight excluding hydrogens is 563 g/mol. The van der Waals surface area contributed by atoms with Crippen molar-refractivity contribution < 1.29 is 13.2 Å². The van der Waals surface area contributed by atoms with Gasteiger partial charge in [0.2, 0.25) is 0 Å². The Balaban J connectivity index is 1.10. The molecule has 1 fully saturated rings. The van der Waals surface area contributed by atoms with Gasteiger partial charge in [0.1, 0.15) is 28.7 Å². The Morgan fingerprint density at radius 2 is 1.95 bits per heavy atom. The molecule has 5 aromatic rings. The predicted octanol–water partition coefficient (Wildman–Crippen LogP) is 5.49. The zero-order valence-corrected chi connectivity index (χ0v) is 23.8. The van der Waals surface area contributed by atoms with E-state index in [1.54, 1.807) is 23.1 Å². The van der Waals surface area contributed by atoms with E-state index >= 15 is 0 Å². The number of halogens is 3. The van der Waals surface area contributed by atoms with Gasteiger partial charge in [-0.25, -0.2) is 9.97 Å². The van der Waals surface area contributed by atoms with E-state index in [0.29, 0.717) is 40.5 Å². The van der Waals surface area contributed by atoms with Crippen molar-refractivity contribution in [1.29, 1.82) is 5.26 Å². The molecule has 218 valence electrons. The number of aromatic nitrogens is 5. The van der Waals surface area contributed by atoms with E-state index < -0.39 is 12.6 Å². The molecule has 42 heavy (non-hydrogen) atoms. The number of hydrogen-bond acceptors (Lipinski definition) is 8. The van der Waals surface area contributed by atoms with Crippen LogP contribution in [-0.2, 0) is 26.1 Å². The van der Waals surface area contributed by atoms with Gasteiger partial charge in [0.05, 0.1) is 30.2 Å². The molecule has 1 aliphatic heterocycles. The Labute approximate surface area is 244 Å². The number of hydrogen-bond donors (Lipinski definition) is 2. The van der Waals surface area contributed by atoms with Crippen molar-refractivity contribution in [2.75, 3.05) is 24.1 Å². The lowest BCUT2D eigenvalue weighted by molar-refractivity contribution is -0.126. The van der Waals surface area contributed by atoms with Crippen molar-refractivity contribution in [2.45, 2.75) is 58.0 Å². The first-order valence-electron chi connectivity index (χ1n) is 13.8. The van der Waals surface area contributed by atoms with Gasteiger partial charge in [-0.2, -0.15) is 23.5 Å². The molecule has 0 spiro atoms. The van der Waals surface area contributed by atoms with Crippen LogP contribution in [-0.4, -0.2) is 54.5 Å². The Hall–Kier alpha value is -4.15. The highest BCUT2D eigenvalue weighted by Gasteiger charge is 2.29. The van der Waals surface area contributed by atoms with E-state index in [-0.39, 0.29) is 10.9 Å². The first-order chi connectivity index (χ1) is 20.2. The van der Waals surface area contributed by atoms with Gasteiger partial charge in [0.15, 0.2) is 0 Å². The van der Waals surface area contributed by atoms with E-state index in [2.05, 4.69) is 50.4 Å². The monoisotopic (exact) mass is 593 g/mol. The second-order valence-corrected chi connectivity index (χ2v) is 11.9. The first kappa shape index (κ1) is 28.0. The van der Waals surface area contributed by atoms with Crippen LogP contribution in [0.5, 0.6) is 0 Å². The van der Waals surface area contributed by atoms with Gasteiger partial charge < -0.3 is 15.6 Å². The molecule has 0 radical (unpaired) electrons. The molecule has 0 unspecified atom stereocenters. The minimum atomic E-state index is -4.25. The van der Waals surface area contributed by atoms with Gasteiger partial charge in [-0.1, -0.05) is 6.07 Å². The second kappa shape index (κ2) is 11.3. The van der Waals surface area contributed by atoms with Gasteiger partial charge in [0, 0.05) is 54.2 Å². The van der Waals surface area contributed by atoms with Crippen molar-refractivity contribution in [3.63, 3.8) is 0 Å². The maximum absolute atomic E-state index is 12.9. The van der Waals surface area contributed by atoms with Crippen molar-refractivity contribution in [2.24, 2.45) is 0 Å². The van der Waals surface area contributed by atoms with Crippen LogP contribution in [0.1, 0.15) is 34.5 Å². The Bertz CT molecular complexity index is 1770. The molecule has 1 saturated heterocycles. The summed E-state index contributed by atoms with van der Waals surface area (Å²) in [6, 6.07) is 10.3. The summed E-state index contributed by atoms with van der Waals surface area (Å²) in [5.74, 6) is 0.596. The van der Waals surface area contributed by atoms with Gasteiger partial charge in [-0.15, -0.1) is 11.3 Å². The number of thiophene rings is 1. The number of nitrogen functional groups attached to an aromatic ring is 1. The molecule has 0 atom stereocenters. The highest BCUT2D eigenvalue weighted by atomic mass is 32.1. The Kier molecular flexibility index (Phi) is 7.51. The molecule has 0 saturated carbocycles. The Morgan fingerprint density at radius 3 is 2.67 bits per heavy atom. The van der Waals surface area contributed by atoms with Crippen molar-refractivity contribution >= 4 is 44.0 Å². The van der Waals surface area contributed by atoms with Crippen LogP contribution in [0.15, 0.2) is 43.0 Å². The summed E-state index contributed by atoms with van der Waals surface area (Å²) in [5, 5.41) is 19.2. The summed E-state index contributed by atoms with van der Waals surface area (Å²) in [7, 11) is 0. The fourth-order valence-electron chi connectivity index (χ4n) is 5.71. The summed E-state index contributed by atoms with van der Waals surface area (Å²) >= 11 is 1.06. The molecular formula is C29H30F3N9S. The average Bonchev–Trinajstić information content (AvgIpc) is 3.65. The molecule has 13 heteroatoms. The standard InChI is InChI=1S/C29H30F3N9S/c1-18-19(2-3-26-24(18)10-22(13-33)41(26)9-8-40-16-20(34)14-37-40)15-39-6-4-21(5-7-39)38-27-25-11-23(12-29(30,31)32)42-28(25)36-17-35-27/h2-3,10-11,14,16-17,21H,4-9,12,15,34H2,1H3,(H,35,36,38). The number of alkyl halides is 3. The number of nitrogens with zero attached hydrogens (tertiary/aromatic N) is 7. The fourth-order valence-corrected chi connectivity index (χ4v) is 6.73. The number of anilines is 2. The summed E-state index contributed by atoms with van der Waals surface area (Å²) < 4.78 is 42.5. The zero-order chi connectivity index (χ0) is 29.4. The quantitative estimate of drug-likeness (QED) is 0.245. The summed E-state index contributed by atoms with van der Waals surface area (Å²) in [5.41, 5.74) is 10.4. The molecule has 1 aliphatic rings. The third kappa shape index (κ3) is 5.91. The predicted molar refractivity (Wildman–Crippen MR) is 157 cm³/mol. The van der Waals surface area contributed by atoms with Gasteiger partial charge in [-0.3, -0.25) is 9.58 Å². The molecule has 4 aromatic heterocycles. The number of nitriles is 1. The van der Waals surface area contributed by atoms with Gasteiger partial charge in [0.25, 0.3) is 0 Å². The summed E-state index contributed by atoms with van der Waals surface area (Å²) in [4.78, 5) is 11.7. The van der Waals surface area contributed by atoms with E-state index in [4.69, 9.17) is 5.73 Å². The maximum atomic E-state index is 12.9. The van der Waals surface area contributed by atoms with E-state index in [1.165, 1.54) is 17.5 Å². The van der Waals surface area contributed by atoms with Crippen molar-refractivity contribution in [3.8, 4) is 6.07 Å². The van der Waals surface area contributed by atoms with Crippen molar-refractivity contribution in [1.82, 2.24) is 29.2 Å². The Morgan fingerprint density at radius 1 is 1.14 bits per heavy atom. The average molecular weight is 594 g/mol. The van der Waals surface area contributed by atoms with Gasteiger partial charge in [-0.05, 0) is 49.1 Å². The normalized spacial score (nSPS) is 15.0. The second-order valence-electron chi connectivity index (χ2n) is 10.8.